The van der Waals surface area contributed by atoms with Crippen LogP contribution in [0, 0.1) is 0 Å². The van der Waals surface area contributed by atoms with E-state index in [0.717, 1.165) is 18.1 Å². The van der Waals surface area contributed by atoms with Gasteiger partial charge in [-0.3, -0.25) is 0 Å². The van der Waals surface area contributed by atoms with Crippen molar-refractivity contribution in [1.82, 2.24) is 5.32 Å². The maximum Gasteiger partial charge on any atom is 0.328 e. The molecule has 1 fully saturated rings. The lowest BCUT2D eigenvalue weighted by Crippen LogP contribution is -2.33. The Balaban J connectivity index is 1.85. The Morgan fingerprint density at radius 2 is 2.29 bits per heavy atom. The van der Waals surface area contributed by atoms with Gasteiger partial charge in [0.1, 0.15) is 0 Å². The second-order valence-electron chi connectivity index (χ2n) is 4.77. The number of anilines is 1. The van der Waals surface area contributed by atoms with Gasteiger partial charge >= 0.3 is 12.0 Å². The van der Waals surface area contributed by atoms with Crippen LogP contribution in [0.5, 0.6) is 0 Å². The minimum atomic E-state index is -1.000. The highest BCUT2D eigenvalue weighted by Crippen LogP contribution is 2.25. The average Bonchev–Trinajstić information content (AvgIpc) is 2.97. The van der Waals surface area contributed by atoms with E-state index in [0.29, 0.717) is 17.5 Å². The molecule has 0 bridgehead atoms. The SMILES string of the molecule is O=C(O)/C=C/c1cccc(NC(=O)NCC2CCCS2)c1. The molecular formula is C15H18N2O3S. The molecular weight excluding hydrogens is 288 g/mol. The van der Waals surface area contributed by atoms with Gasteiger partial charge in [0.2, 0.25) is 0 Å². The lowest BCUT2D eigenvalue weighted by atomic mass is 10.2. The number of amides is 2. The molecule has 1 aliphatic rings. The molecule has 3 N–H and O–H groups in total. The summed E-state index contributed by atoms with van der Waals surface area (Å²) in [5.74, 6) is 0.173. The molecule has 5 nitrogen and oxygen atoms in total. The topological polar surface area (TPSA) is 78.4 Å². The van der Waals surface area contributed by atoms with Crippen LogP contribution >= 0.6 is 11.8 Å². The summed E-state index contributed by atoms with van der Waals surface area (Å²) in [6.07, 6.45) is 4.92. The Bertz CT molecular complexity index is 539. The Labute approximate surface area is 127 Å². The third-order valence-corrected chi connectivity index (χ3v) is 4.48. The smallest absolute Gasteiger partial charge is 0.328 e. The first kappa shape index (κ1) is 15.4. The molecule has 112 valence electrons. The number of nitrogens with one attached hydrogen (secondary N) is 2. The van der Waals surface area contributed by atoms with Crippen LogP contribution in [0.4, 0.5) is 10.5 Å². The van der Waals surface area contributed by atoms with Crippen molar-refractivity contribution >= 4 is 35.5 Å². The summed E-state index contributed by atoms with van der Waals surface area (Å²) in [5.41, 5.74) is 1.36. The molecule has 6 heteroatoms. The van der Waals surface area contributed by atoms with Gasteiger partial charge in [0.05, 0.1) is 0 Å². The van der Waals surface area contributed by atoms with Crippen molar-refractivity contribution in [2.24, 2.45) is 0 Å². The molecule has 1 aromatic rings. The molecule has 2 amide bonds. The highest BCUT2D eigenvalue weighted by molar-refractivity contribution is 8.00. The van der Waals surface area contributed by atoms with Gasteiger partial charge in [-0.1, -0.05) is 12.1 Å². The molecule has 0 spiro atoms. The molecule has 0 saturated carbocycles. The largest absolute Gasteiger partial charge is 0.478 e. The van der Waals surface area contributed by atoms with E-state index in [1.165, 1.54) is 18.2 Å². The van der Waals surface area contributed by atoms with Crippen molar-refractivity contribution in [2.75, 3.05) is 17.6 Å². The molecule has 21 heavy (non-hydrogen) atoms. The minimum absolute atomic E-state index is 0.234. The quantitative estimate of drug-likeness (QED) is 0.731. The zero-order valence-electron chi connectivity index (χ0n) is 11.5. The predicted molar refractivity (Wildman–Crippen MR) is 85.6 cm³/mol. The van der Waals surface area contributed by atoms with E-state index < -0.39 is 5.97 Å². The van der Waals surface area contributed by atoms with Crippen LogP contribution < -0.4 is 10.6 Å². The van der Waals surface area contributed by atoms with E-state index in [4.69, 9.17) is 5.11 Å². The van der Waals surface area contributed by atoms with E-state index in [2.05, 4.69) is 10.6 Å². The van der Waals surface area contributed by atoms with Gasteiger partial charge in [0.25, 0.3) is 0 Å². The molecule has 1 saturated heterocycles. The number of hydrogen-bond donors (Lipinski definition) is 3. The van der Waals surface area contributed by atoms with Gasteiger partial charge < -0.3 is 15.7 Å². The number of carbonyl (C=O) groups excluding carboxylic acids is 1. The lowest BCUT2D eigenvalue weighted by molar-refractivity contribution is -0.131. The van der Waals surface area contributed by atoms with Crippen LogP contribution in [0.15, 0.2) is 30.3 Å². The van der Waals surface area contributed by atoms with Crippen molar-refractivity contribution in [1.29, 1.82) is 0 Å². The van der Waals surface area contributed by atoms with Crippen LogP contribution in [-0.4, -0.2) is 34.7 Å². The molecule has 2 rings (SSSR count). The van der Waals surface area contributed by atoms with Crippen LogP contribution in [0.2, 0.25) is 0 Å². The van der Waals surface area contributed by atoms with Crippen LogP contribution in [0.1, 0.15) is 18.4 Å². The summed E-state index contributed by atoms with van der Waals surface area (Å²) in [6, 6.07) is 6.80. The highest BCUT2D eigenvalue weighted by atomic mass is 32.2. The molecule has 0 aromatic heterocycles. The molecule has 1 atom stereocenters. The zero-order valence-corrected chi connectivity index (χ0v) is 12.4. The van der Waals surface area contributed by atoms with E-state index in [9.17, 15) is 9.59 Å². The van der Waals surface area contributed by atoms with Crippen molar-refractivity contribution in [3.8, 4) is 0 Å². The van der Waals surface area contributed by atoms with Gasteiger partial charge in [-0.25, -0.2) is 9.59 Å². The van der Waals surface area contributed by atoms with Gasteiger partial charge in [0, 0.05) is 23.6 Å². The number of hydrogen-bond acceptors (Lipinski definition) is 3. The first-order valence-electron chi connectivity index (χ1n) is 6.81. The van der Waals surface area contributed by atoms with Gasteiger partial charge in [-0.05, 0) is 42.4 Å². The summed E-state index contributed by atoms with van der Waals surface area (Å²) >= 11 is 1.90. The van der Waals surface area contributed by atoms with E-state index in [1.807, 2.05) is 11.8 Å². The summed E-state index contributed by atoms with van der Waals surface area (Å²) in [4.78, 5) is 22.3. The number of benzene rings is 1. The first-order chi connectivity index (χ1) is 10.1. The maximum atomic E-state index is 11.8. The minimum Gasteiger partial charge on any atom is -0.478 e. The normalized spacial score (nSPS) is 17.8. The molecule has 0 radical (unpaired) electrons. The Morgan fingerprint density at radius 3 is 3.00 bits per heavy atom. The summed E-state index contributed by atoms with van der Waals surface area (Å²) in [7, 11) is 0. The molecule has 1 heterocycles. The van der Waals surface area contributed by atoms with E-state index in [1.54, 1.807) is 24.3 Å². The third kappa shape index (κ3) is 5.51. The van der Waals surface area contributed by atoms with Gasteiger partial charge in [-0.15, -0.1) is 0 Å². The highest BCUT2D eigenvalue weighted by Gasteiger charge is 2.16. The van der Waals surface area contributed by atoms with Gasteiger partial charge in [0.15, 0.2) is 0 Å². The van der Waals surface area contributed by atoms with Crippen molar-refractivity contribution in [3.63, 3.8) is 0 Å². The maximum absolute atomic E-state index is 11.8. The molecule has 1 unspecified atom stereocenters. The van der Waals surface area contributed by atoms with Crippen LogP contribution in [0.3, 0.4) is 0 Å². The zero-order chi connectivity index (χ0) is 15.1. The van der Waals surface area contributed by atoms with Crippen LogP contribution in [0.25, 0.3) is 6.08 Å². The monoisotopic (exact) mass is 306 g/mol. The van der Waals surface area contributed by atoms with Gasteiger partial charge in [-0.2, -0.15) is 11.8 Å². The standard InChI is InChI=1S/C15H18N2O3S/c18-14(19)7-6-11-3-1-4-12(9-11)17-15(20)16-10-13-5-2-8-21-13/h1,3-4,6-7,9,13H,2,5,8,10H2,(H,18,19)(H2,16,17,20)/b7-6+. The Hall–Kier alpha value is -1.95. The van der Waals surface area contributed by atoms with E-state index in [-0.39, 0.29) is 6.03 Å². The van der Waals surface area contributed by atoms with Crippen LogP contribution in [-0.2, 0) is 4.79 Å². The second-order valence-corrected chi connectivity index (χ2v) is 6.18. The number of thioether (sulfide) groups is 1. The Morgan fingerprint density at radius 1 is 1.43 bits per heavy atom. The van der Waals surface area contributed by atoms with Crippen molar-refractivity contribution in [3.05, 3.63) is 35.9 Å². The molecule has 0 aliphatic carbocycles. The number of urea groups is 1. The molecule has 1 aliphatic heterocycles. The second kappa shape index (κ2) is 7.73. The summed E-state index contributed by atoms with van der Waals surface area (Å²) in [6.45, 7) is 0.676. The summed E-state index contributed by atoms with van der Waals surface area (Å²) in [5, 5.41) is 14.7. The molecule has 1 aromatic carbocycles. The number of carbonyl (C=O) groups is 2. The Kier molecular flexibility index (Phi) is 5.68. The average molecular weight is 306 g/mol. The van der Waals surface area contributed by atoms with E-state index >= 15 is 0 Å². The number of aliphatic carboxylic acids is 1. The fourth-order valence-electron chi connectivity index (χ4n) is 2.07. The van der Waals surface area contributed by atoms with Crippen molar-refractivity contribution in [2.45, 2.75) is 18.1 Å². The fourth-order valence-corrected chi connectivity index (χ4v) is 3.28. The third-order valence-electron chi connectivity index (χ3n) is 3.08. The number of rotatable bonds is 5. The fraction of sp³-hybridized carbons (Fsp3) is 0.333. The number of carboxylic acids is 1. The first-order valence-corrected chi connectivity index (χ1v) is 7.86. The lowest BCUT2D eigenvalue weighted by Gasteiger charge is -2.11. The predicted octanol–water partition coefficient (Wildman–Crippen LogP) is 2.80. The van der Waals surface area contributed by atoms with Crippen molar-refractivity contribution < 1.29 is 14.7 Å². The summed E-state index contributed by atoms with van der Waals surface area (Å²) < 4.78 is 0. The number of carboxylic acid groups (broad SMARTS) is 1.